The third-order valence-corrected chi connectivity index (χ3v) is 6.26. The minimum atomic E-state index is -3.69. The van der Waals surface area contributed by atoms with Crippen LogP contribution < -0.4 is 16.0 Å². The lowest BCUT2D eigenvalue weighted by Gasteiger charge is -2.12. The van der Waals surface area contributed by atoms with Gasteiger partial charge in [0.1, 0.15) is 5.82 Å². The Labute approximate surface area is 186 Å². The Hall–Kier alpha value is -3.31. The van der Waals surface area contributed by atoms with E-state index in [9.17, 15) is 27.2 Å². The van der Waals surface area contributed by atoms with Gasteiger partial charge in [0.2, 0.25) is 15.9 Å². The zero-order valence-corrected chi connectivity index (χ0v) is 18.8. The molecule has 0 bridgehead atoms. The molecule has 0 fully saturated rings. The summed E-state index contributed by atoms with van der Waals surface area (Å²) in [6, 6.07) is 9.61. The Kier molecular flexibility index (Phi) is 8.44. The van der Waals surface area contributed by atoms with Crippen molar-refractivity contribution in [3.05, 3.63) is 65.0 Å². The van der Waals surface area contributed by atoms with Gasteiger partial charge in [-0.05, 0) is 42.8 Å². The zero-order valence-electron chi connectivity index (χ0n) is 17.9. The molecular weight excluding hydrogens is 439 g/mol. The number of nitrogens with zero attached hydrogens (tertiary/aromatic N) is 1. The summed E-state index contributed by atoms with van der Waals surface area (Å²) in [6.45, 7) is 1.47. The van der Waals surface area contributed by atoms with Crippen LogP contribution in [-0.4, -0.2) is 64.2 Å². The Morgan fingerprint density at radius 3 is 2.19 bits per heavy atom. The van der Waals surface area contributed by atoms with Crippen LogP contribution in [0.25, 0.3) is 0 Å². The predicted octanol–water partition coefficient (Wildman–Crippen LogP) is 0.660. The molecule has 0 atom stereocenters. The summed E-state index contributed by atoms with van der Waals surface area (Å²) < 4.78 is 38.9. The normalized spacial score (nSPS) is 11.2. The first-order valence-electron chi connectivity index (χ1n) is 9.64. The molecule has 3 N–H and O–H groups in total. The number of hydrogen-bond acceptors (Lipinski definition) is 5. The van der Waals surface area contributed by atoms with Crippen molar-refractivity contribution in [2.75, 3.05) is 33.7 Å². The van der Waals surface area contributed by atoms with E-state index in [2.05, 4.69) is 16.0 Å². The van der Waals surface area contributed by atoms with E-state index in [0.29, 0.717) is 5.56 Å². The van der Waals surface area contributed by atoms with Crippen molar-refractivity contribution in [2.24, 2.45) is 0 Å². The van der Waals surface area contributed by atoms with Gasteiger partial charge in [-0.1, -0.05) is 12.1 Å². The molecule has 0 unspecified atom stereocenters. The SMILES string of the molecule is Cc1ccc(C(=O)NCCNC(=O)CNC(=O)c2cccc(S(=O)(=O)N(C)C)c2)cc1F. The molecule has 0 spiro atoms. The second-order valence-electron chi connectivity index (χ2n) is 7.07. The molecule has 0 aliphatic carbocycles. The average Bonchev–Trinajstić information content (AvgIpc) is 2.76. The Morgan fingerprint density at radius 2 is 1.53 bits per heavy atom. The lowest BCUT2D eigenvalue weighted by molar-refractivity contribution is -0.120. The molecule has 2 rings (SSSR count). The van der Waals surface area contributed by atoms with E-state index in [1.165, 1.54) is 50.5 Å². The van der Waals surface area contributed by atoms with Crippen LogP contribution in [0.2, 0.25) is 0 Å². The fourth-order valence-corrected chi connectivity index (χ4v) is 3.50. The van der Waals surface area contributed by atoms with Crippen molar-refractivity contribution in [3.8, 4) is 0 Å². The van der Waals surface area contributed by atoms with Crippen LogP contribution in [0.3, 0.4) is 0 Å². The second kappa shape index (κ2) is 10.8. The van der Waals surface area contributed by atoms with Crippen molar-refractivity contribution < 1.29 is 27.2 Å². The molecule has 9 nitrogen and oxygen atoms in total. The summed E-state index contributed by atoms with van der Waals surface area (Å²) in [5.41, 5.74) is 0.699. The average molecular weight is 465 g/mol. The molecule has 0 aliphatic heterocycles. The monoisotopic (exact) mass is 464 g/mol. The van der Waals surface area contributed by atoms with Gasteiger partial charge in [-0.15, -0.1) is 0 Å². The van der Waals surface area contributed by atoms with Crippen molar-refractivity contribution in [1.82, 2.24) is 20.3 Å². The number of benzene rings is 2. The highest BCUT2D eigenvalue weighted by molar-refractivity contribution is 7.89. The smallest absolute Gasteiger partial charge is 0.251 e. The van der Waals surface area contributed by atoms with Crippen LogP contribution in [0.15, 0.2) is 47.4 Å². The van der Waals surface area contributed by atoms with Crippen LogP contribution in [0.4, 0.5) is 4.39 Å². The van der Waals surface area contributed by atoms with Crippen LogP contribution in [0.1, 0.15) is 26.3 Å². The topological polar surface area (TPSA) is 125 Å². The van der Waals surface area contributed by atoms with Gasteiger partial charge in [-0.2, -0.15) is 0 Å². The van der Waals surface area contributed by atoms with Crippen molar-refractivity contribution in [1.29, 1.82) is 0 Å². The number of carbonyl (C=O) groups excluding carboxylic acids is 3. The number of halogens is 1. The maximum absolute atomic E-state index is 13.5. The van der Waals surface area contributed by atoms with Gasteiger partial charge in [0, 0.05) is 38.3 Å². The van der Waals surface area contributed by atoms with E-state index >= 15 is 0 Å². The minimum Gasteiger partial charge on any atom is -0.353 e. The number of hydrogen-bond donors (Lipinski definition) is 3. The molecule has 2 aromatic rings. The van der Waals surface area contributed by atoms with Crippen LogP contribution in [0.5, 0.6) is 0 Å². The summed E-state index contributed by atoms with van der Waals surface area (Å²) in [5.74, 6) is -2.05. The number of rotatable bonds is 9. The molecule has 0 saturated heterocycles. The Morgan fingerprint density at radius 1 is 0.906 bits per heavy atom. The number of amides is 3. The summed E-state index contributed by atoms with van der Waals surface area (Å²) >= 11 is 0. The van der Waals surface area contributed by atoms with Gasteiger partial charge in [-0.3, -0.25) is 14.4 Å². The van der Waals surface area contributed by atoms with E-state index < -0.39 is 33.6 Å². The first kappa shape index (κ1) is 25.0. The Bertz CT molecular complexity index is 1120. The molecule has 0 aliphatic rings. The van der Waals surface area contributed by atoms with Crippen molar-refractivity contribution in [2.45, 2.75) is 11.8 Å². The molecular formula is C21H25FN4O5S. The van der Waals surface area contributed by atoms with Crippen LogP contribution in [-0.2, 0) is 14.8 Å². The van der Waals surface area contributed by atoms with E-state index in [4.69, 9.17) is 0 Å². The molecule has 0 heterocycles. The fraction of sp³-hybridized carbons (Fsp3) is 0.286. The third kappa shape index (κ3) is 6.59. The van der Waals surface area contributed by atoms with Gasteiger partial charge in [0.05, 0.1) is 11.4 Å². The lowest BCUT2D eigenvalue weighted by Crippen LogP contribution is -2.40. The standard InChI is InChI=1S/C21H25FN4O5S/c1-14-7-8-16(12-18(14)22)20(28)24-10-9-23-19(27)13-25-21(29)15-5-4-6-17(11-15)32(30,31)26(2)3/h4-8,11-12H,9-10,13H2,1-3H3,(H,23,27)(H,24,28)(H,25,29). The number of sulfonamides is 1. The summed E-state index contributed by atoms with van der Waals surface area (Å²) in [4.78, 5) is 36.1. The van der Waals surface area contributed by atoms with Gasteiger partial charge >= 0.3 is 0 Å². The maximum Gasteiger partial charge on any atom is 0.251 e. The van der Waals surface area contributed by atoms with Crippen molar-refractivity contribution >= 4 is 27.7 Å². The third-order valence-electron chi connectivity index (χ3n) is 4.45. The molecule has 172 valence electrons. The van der Waals surface area contributed by atoms with E-state index in [-0.39, 0.29) is 35.7 Å². The van der Waals surface area contributed by atoms with Crippen LogP contribution in [0, 0.1) is 12.7 Å². The largest absolute Gasteiger partial charge is 0.353 e. The summed E-state index contributed by atoms with van der Waals surface area (Å²) in [6.07, 6.45) is 0. The van der Waals surface area contributed by atoms with Gasteiger partial charge in [0.15, 0.2) is 0 Å². The summed E-state index contributed by atoms with van der Waals surface area (Å²) in [7, 11) is -0.926. The quantitative estimate of drug-likeness (QED) is 0.470. The second-order valence-corrected chi connectivity index (χ2v) is 9.22. The molecule has 11 heteroatoms. The molecule has 3 amide bonds. The van der Waals surface area contributed by atoms with Crippen LogP contribution >= 0.6 is 0 Å². The fourth-order valence-electron chi connectivity index (χ4n) is 2.55. The predicted molar refractivity (Wildman–Crippen MR) is 116 cm³/mol. The molecule has 32 heavy (non-hydrogen) atoms. The van der Waals surface area contributed by atoms with Crippen molar-refractivity contribution in [3.63, 3.8) is 0 Å². The number of nitrogens with one attached hydrogen (secondary N) is 3. The van der Waals surface area contributed by atoms with Gasteiger partial charge in [0.25, 0.3) is 11.8 Å². The molecule has 2 aromatic carbocycles. The number of aryl methyl sites for hydroxylation is 1. The highest BCUT2D eigenvalue weighted by atomic mass is 32.2. The van der Waals surface area contributed by atoms with E-state index in [1.54, 1.807) is 6.92 Å². The first-order chi connectivity index (χ1) is 15.0. The van der Waals surface area contributed by atoms with Gasteiger partial charge in [-0.25, -0.2) is 17.1 Å². The first-order valence-corrected chi connectivity index (χ1v) is 11.1. The molecule has 0 aromatic heterocycles. The molecule has 0 radical (unpaired) electrons. The highest BCUT2D eigenvalue weighted by Gasteiger charge is 2.19. The van der Waals surface area contributed by atoms with E-state index in [1.807, 2.05) is 0 Å². The Balaban J connectivity index is 1.78. The zero-order chi connectivity index (χ0) is 23.9. The number of carbonyl (C=O) groups is 3. The lowest BCUT2D eigenvalue weighted by atomic mass is 10.1. The minimum absolute atomic E-state index is 0.0381. The maximum atomic E-state index is 13.5. The highest BCUT2D eigenvalue weighted by Crippen LogP contribution is 2.14. The van der Waals surface area contributed by atoms with E-state index in [0.717, 1.165) is 10.4 Å². The summed E-state index contributed by atoms with van der Waals surface area (Å²) in [5, 5.41) is 7.48. The molecule has 0 saturated carbocycles. The van der Waals surface area contributed by atoms with Gasteiger partial charge < -0.3 is 16.0 Å².